The van der Waals surface area contributed by atoms with Crippen LogP contribution in [-0.4, -0.2) is 57.2 Å². The van der Waals surface area contributed by atoms with Crippen molar-refractivity contribution in [2.45, 2.75) is 39.0 Å². The van der Waals surface area contributed by atoms with E-state index in [9.17, 15) is 4.79 Å². The Morgan fingerprint density at radius 2 is 2.11 bits per heavy atom. The van der Waals surface area contributed by atoms with Gasteiger partial charge in [0.25, 0.3) is 0 Å². The number of methoxy groups -OCH3 is 1. The SMILES string of the molecule is CCOC(=O)C1CCCN(C(=NC)NCCC(C)c2ccc(OC)cc2)C1. The van der Waals surface area contributed by atoms with Crippen molar-refractivity contribution in [1.82, 2.24) is 10.2 Å². The van der Waals surface area contributed by atoms with E-state index in [1.54, 1.807) is 14.2 Å². The van der Waals surface area contributed by atoms with Crippen molar-refractivity contribution in [3.8, 4) is 5.75 Å². The van der Waals surface area contributed by atoms with Crippen molar-refractivity contribution in [1.29, 1.82) is 0 Å². The first-order valence-corrected chi connectivity index (χ1v) is 9.85. The molecule has 150 valence electrons. The van der Waals surface area contributed by atoms with Crippen molar-refractivity contribution in [2.24, 2.45) is 10.9 Å². The Hall–Kier alpha value is -2.24. The lowest BCUT2D eigenvalue weighted by molar-refractivity contribution is -0.149. The number of rotatable bonds is 7. The van der Waals surface area contributed by atoms with E-state index in [1.807, 2.05) is 19.1 Å². The summed E-state index contributed by atoms with van der Waals surface area (Å²) in [6.45, 7) is 6.94. The van der Waals surface area contributed by atoms with Crippen LogP contribution in [0.25, 0.3) is 0 Å². The molecule has 1 fully saturated rings. The molecule has 0 saturated carbocycles. The van der Waals surface area contributed by atoms with E-state index in [0.717, 1.165) is 44.1 Å². The molecule has 2 unspecified atom stereocenters. The number of esters is 1. The maximum Gasteiger partial charge on any atom is 0.310 e. The van der Waals surface area contributed by atoms with Gasteiger partial charge in [-0.05, 0) is 49.8 Å². The third kappa shape index (κ3) is 6.15. The van der Waals surface area contributed by atoms with E-state index in [-0.39, 0.29) is 11.9 Å². The third-order valence-electron chi connectivity index (χ3n) is 5.10. The summed E-state index contributed by atoms with van der Waals surface area (Å²) in [7, 11) is 3.48. The van der Waals surface area contributed by atoms with Crippen LogP contribution in [0.5, 0.6) is 5.75 Å². The van der Waals surface area contributed by atoms with Gasteiger partial charge in [0.05, 0.1) is 19.6 Å². The molecule has 0 amide bonds. The van der Waals surface area contributed by atoms with Crippen LogP contribution in [0.2, 0.25) is 0 Å². The molecule has 6 nitrogen and oxygen atoms in total. The summed E-state index contributed by atoms with van der Waals surface area (Å²) in [4.78, 5) is 18.6. The Bertz CT molecular complexity index is 616. The first-order valence-electron chi connectivity index (χ1n) is 9.85. The number of likely N-dealkylation sites (tertiary alicyclic amines) is 1. The molecule has 0 aromatic heterocycles. The second-order valence-corrected chi connectivity index (χ2v) is 6.97. The van der Waals surface area contributed by atoms with Gasteiger partial charge in [0.1, 0.15) is 5.75 Å². The molecule has 1 N–H and O–H groups in total. The quantitative estimate of drug-likeness (QED) is 0.451. The fourth-order valence-electron chi connectivity index (χ4n) is 3.45. The van der Waals surface area contributed by atoms with E-state index >= 15 is 0 Å². The Morgan fingerprint density at radius 1 is 1.37 bits per heavy atom. The fraction of sp³-hybridized carbons (Fsp3) is 0.619. The van der Waals surface area contributed by atoms with E-state index in [2.05, 4.69) is 34.3 Å². The second kappa shape index (κ2) is 10.8. The number of aliphatic imine (C=N–C) groups is 1. The Balaban J connectivity index is 1.83. The minimum Gasteiger partial charge on any atom is -0.497 e. The highest BCUT2D eigenvalue weighted by atomic mass is 16.5. The molecule has 27 heavy (non-hydrogen) atoms. The largest absolute Gasteiger partial charge is 0.497 e. The normalized spacial score (nSPS) is 18.7. The molecule has 1 aromatic rings. The first-order chi connectivity index (χ1) is 13.1. The zero-order valence-electron chi connectivity index (χ0n) is 17.0. The number of guanidine groups is 1. The molecule has 6 heteroatoms. The van der Waals surface area contributed by atoms with Crippen LogP contribution in [0.15, 0.2) is 29.3 Å². The topological polar surface area (TPSA) is 63.2 Å². The molecule has 0 bridgehead atoms. The minimum atomic E-state index is -0.0919. The molecule has 2 atom stereocenters. The van der Waals surface area contributed by atoms with Gasteiger partial charge in [-0.25, -0.2) is 0 Å². The Labute approximate surface area is 162 Å². The van der Waals surface area contributed by atoms with Gasteiger partial charge in [0, 0.05) is 26.7 Å². The van der Waals surface area contributed by atoms with E-state index in [0.29, 0.717) is 19.1 Å². The highest BCUT2D eigenvalue weighted by molar-refractivity contribution is 5.81. The maximum atomic E-state index is 12.0. The molecule has 1 aliphatic heterocycles. The average molecular weight is 376 g/mol. The summed E-state index contributed by atoms with van der Waals surface area (Å²) in [5.74, 6) is 2.04. The number of nitrogens with zero attached hydrogens (tertiary/aromatic N) is 2. The Kier molecular flexibility index (Phi) is 8.43. The van der Waals surface area contributed by atoms with Gasteiger partial charge >= 0.3 is 5.97 Å². The van der Waals surface area contributed by atoms with E-state index in [1.165, 1.54) is 5.56 Å². The van der Waals surface area contributed by atoms with Crippen LogP contribution in [0, 0.1) is 5.92 Å². The smallest absolute Gasteiger partial charge is 0.310 e. The third-order valence-corrected chi connectivity index (χ3v) is 5.10. The maximum absolute atomic E-state index is 12.0. The molecule has 1 saturated heterocycles. The van der Waals surface area contributed by atoms with Gasteiger partial charge in [0.15, 0.2) is 5.96 Å². The summed E-state index contributed by atoms with van der Waals surface area (Å²) in [6.07, 6.45) is 2.87. The van der Waals surface area contributed by atoms with Crippen molar-refractivity contribution >= 4 is 11.9 Å². The van der Waals surface area contributed by atoms with Crippen molar-refractivity contribution < 1.29 is 14.3 Å². The number of carbonyl (C=O) groups excluding carboxylic acids is 1. The molecule has 2 rings (SSSR count). The monoisotopic (exact) mass is 375 g/mol. The summed E-state index contributed by atoms with van der Waals surface area (Å²) >= 11 is 0. The van der Waals surface area contributed by atoms with Crippen LogP contribution >= 0.6 is 0 Å². The van der Waals surface area contributed by atoms with Crippen molar-refractivity contribution in [3.05, 3.63) is 29.8 Å². The van der Waals surface area contributed by atoms with Crippen LogP contribution < -0.4 is 10.1 Å². The average Bonchev–Trinajstić information content (AvgIpc) is 2.71. The number of ether oxygens (including phenoxy) is 2. The summed E-state index contributed by atoms with van der Waals surface area (Å²) in [6, 6.07) is 8.24. The molecule has 1 heterocycles. The lowest BCUT2D eigenvalue weighted by Crippen LogP contribution is -2.48. The molecular weight excluding hydrogens is 342 g/mol. The van der Waals surface area contributed by atoms with Crippen LogP contribution in [-0.2, 0) is 9.53 Å². The van der Waals surface area contributed by atoms with Gasteiger partial charge < -0.3 is 19.7 Å². The zero-order chi connectivity index (χ0) is 19.6. The fourth-order valence-corrected chi connectivity index (χ4v) is 3.45. The van der Waals surface area contributed by atoms with Gasteiger partial charge in [-0.15, -0.1) is 0 Å². The molecule has 0 aliphatic carbocycles. The van der Waals surface area contributed by atoms with Crippen molar-refractivity contribution in [3.63, 3.8) is 0 Å². The van der Waals surface area contributed by atoms with E-state index < -0.39 is 0 Å². The molecule has 0 spiro atoms. The molecular formula is C21H33N3O3. The van der Waals surface area contributed by atoms with Crippen molar-refractivity contribution in [2.75, 3.05) is 40.4 Å². The lowest BCUT2D eigenvalue weighted by atomic mass is 9.97. The van der Waals surface area contributed by atoms with Crippen LogP contribution in [0.1, 0.15) is 44.6 Å². The Morgan fingerprint density at radius 3 is 2.74 bits per heavy atom. The second-order valence-electron chi connectivity index (χ2n) is 6.97. The van der Waals surface area contributed by atoms with Gasteiger partial charge in [-0.1, -0.05) is 19.1 Å². The summed E-state index contributed by atoms with van der Waals surface area (Å²) < 4.78 is 10.4. The highest BCUT2D eigenvalue weighted by Gasteiger charge is 2.28. The van der Waals surface area contributed by atoms with Crippen LogP contribution in [0.4, 0.5) is 0 Å². The number of benzene rings is 1. The molecule has 1 aromatic carbocycles. The van der Waals surface area contributed by atoms with Crippen LogP contribution in [0.3, 0.4) is 0 Å². The van der Waals surface area contributed by atoms with Gasteiger partial charge in [-0.3, -0.25) is 9.79 Å². The number of hydrogen-bond donors (Lipinski definition) is 1. The predicted molar refractivity (Wildman–Crippen MR) is 108 cm³/mol. The lowest BCUT2D eigenvalue weighted by Gasteiger charge is -2.34. The van der Waals surface area contributed by atoms with Gasteiger partial charge in [0.2, 0.25) is 0 Å². The number of hydrogen-bond acceptors (Lipinski definition) is 4. The van der Waals surface area contributed by atoms with E-state index in [4.69, 9.17) is 9.47 Å². The number of piperidine rings is 1. The van der Waals surface area contributed by atoms with Gasteiger partial charge in [-0.2, -0.15) is 0 Å². The zero-order valence-corrected chi connectivity index (χ0v) is 17.0. The number of carbonyl (C=O) groups is 1. The molecule has 0 radical (unpaired) electrons. The predicted octanol–water partition coefficient (Wildman–Crippen LogP) is 3.04. The molecule has 1 aliphatic rings. The summed E-state index contributed by atoms with van der Waals surface area (Å²) in [5, 5.41) is 3.45. The first kappa shape index (κ1) is 21.1. The number of nitrogens with one attached hydrogen (secondary N) is 1. The summed E-state index contributed by atoms with van der Waals surface area (Å²) in [5.41, 5.74) is 1.30. The minimum absolute atomic E-state index is 0.0597. The highest BCUT2D eigenvalue weighted by Crippen LogP contribution is 2.22. The standard InChI is InChI=1S/C21H33N3O3/c1-5-27-20(25)18-7-6-14-24(15-18)21(22-3)23-13-12-16(2)17-8-10-19(26-4)11-9-17/h8-11,16,18H,5-7,12-15H2,1-4H3,(H,22,23).